The number of aryl methyl sites for hydroxylation is 1. The van der Waals surface area contributed by atoms with Crippen molar-refractivity contribution in [1.29, 1.82) is 0 Å². The van der Waals surface area contributed by atoms with Crippen molar-refractivity contribution >= 4 is 11.7 Å². The van der Waals surface area contributed by atoms with Crippen molar-refractivity contribution in [3.63, 3.8) is 0 Å². The zero-order valence-electron chi connectivity index (χ0n) is 8.21. The number of anilines is 1. The Labute approximate surface area is 83.5 Å². The van der Waals surface area contributed by atoms with E-state index >= 15 is 0 Å². The topological polar surface area (TPSA) is 67.2 Å². The molecule has 1 aromatic carbocycles. The van der Waals surface area contributed by atoms with E-state index in [4.69, 9.17) is 5.73 Å². The van der Waals surface area contributed by atoms with Gasteiger partial charge in [-0.2, -0.15) is 0 Å². The third-order valence-corrected chi connectivity index (χ3v) is 1.82. The Bertz CT molecular complexity index is 312. The van der Waals surface area contributed by atoms with Gasteiger partial charge in [0.15, 0.2) is 0 Å². The fraction of sp³-hybridized carbons (Fsp3) is 0.300. The van der Waals surface area contributed by atoms with E-state index in [2.05, 4.69) is 10.6 Å². The Morgan fingerprint density at radius 2 is 2.14 bits per heavy atom. The van der Waals surface area contributed by atoms with Gasteiger partial charge in [-0.25, -0.2) is 4.79 Å². The lowest BCUT2D eigenvalue weighted by molar-refractivity contribution is 0.252. The average molecular weight is 193 g/mol. The number of para-hydroxylation sites is 1. The molecule has 0 spiro atoms. The molecular weight excluding hydrogens is 178 g/mol. The van der Waals surface area contributed by atoms with Gasteiger partial charge < -0.3 is 16.4 Å². The smallest absolute Gasteiger partial charge is 0.319 e. The van der Waals surface area contributed by atoms with E-state index in [0.717, 1.165) is 11.3 Å². The van der Waals surface area contributed by atoms with Gasteiger partial charge >= 0.3 is 6.03 Å². The van der Waals surface area contributed by atoms with Gasteiger partial charge in [0.1, 0.15) is 0 Å². The lowest BCUT2D eigenvalue weighted by atomic mass is 10.2. The standard InChI is InChI=1S/C10H15N3O/c1-8-4-2-3-5-9(8)13-10(14)12-7-6-11/h2-5H,6-7,11H2,1H3,(H2,12,13,14). The fourth-order valence-electron chi connectivity index (χ4n) is 1.07. The summed E-state index contributed by atoms with van der Waals surface area (Å²) in [5.41, 5.74) is 7.12. The molecule has 14 heavy (non-hydrogen) atoms. The first-order valence-electron chi connectivity index (χ1n) is 4.54. The Kier molecular flexibility index (Phi) is 3.94. The van der Waals surface area contributed by atoms with Gasteiger partial charge in [-0.15, -0.1) is 0 Å². The maximum Gasteiger partial charge on any atom is 0.319 e. The first-order chi connectivity index (χ1) is 6.74. The molecule has 2 amide bonds. The van der Waals surface area contributed by atoms with Gasteiger partial charge in [0.2, 0.25) is 0 Å². The van der Waals surface area contributed by atoms with E-state index in [1.807, 2.05) is 31.2 Å². The van der Waals surface area contributed by atoms with Crippen molar-refractivity contribution in [2.24, 2.45) is 5.73 Å². The minimum Gasteiger partial charge on any atom is -0.337 e. The second kappa shape index (κ2) is 5.24. The van der Waals surface area contributed by atoms with Crippen LogP contribution in [0.3, 0.4) is 0 Å². The molecule has 4 nitrogen and oxygen atoms in total. The summed E-state index contributed by atoms with van der Waals surface area (Å²) in [6.07, 6.45) is 0. The van der Waals surface area contributed by atoms with Crippen molar-refractivity contribution in [1.82, 2.24) is 5.32 Å². The number of rotatable bonds is 3. The molecule has 0 heterocycles. The lowest BCUT2D eigenvalue weighted by Gasteiger charge is -2.08. The zero-order valence-corrected chi connectivity index (χ0v) is 8.21. The number of benzene rings is 1. The fourth-order valence-corrected chi connectivity index (χ4v) is 1.07. The number of urea groups is 1. The molecule has 0 bridgehead atoms. The average Bonchev–Trinajstić information content (AvgIpc) is 2.18. The first-order valence-corrected chi connectivity index (χ1v) is 4.54. The number of carbonyl (C=O) groups is 1. The van der Waals surface area contributed by atoms with Gasteiger partial charge in [0.05, 0.1) is 0 Å². The summed E-state index contributed by atoms with van der Waals surface area (Å²) in [7, 11) is 0. The SMILES string of the molecule is Cc1ccccc1NC(=O)NCCN. The Morgan fingerprint density at radius 3 is 2.79 bits per heavy atom. The van der Waals surface area contributed by atoms with Crippen molar-refractivity contribution in [2.45, 2.75) is 6.92 Å². The van der Waals surface area contributed by atoms with Crippen molar-refractivity contribution < 1.29 is 4.79 Å². The van der Waals surface area contributed by atoms with Crippen LogP contribution in [0.5, 0.6) is 0 Å². The Balaban J connectivity index is 2.52. The molecule has 0 unspecified atom stereocenters. The van der Waals surface area contributed by atoms with E-state index in [0.29, 0.717) is 13.1 Å². The summed E-state index contributed by atoms with van der Waals surface area (Å²) in [6.45, 7) is 2.87. The van der Waals surface area contributed by atoms with Gasteiger partial charge in [0, 0.05) is 18.8 Å². The van der Waals surface area contributed by atoms with Gasteiger partial charge in [0.25, 0.3) is 0 Å². The summed E-state index contributed by atoms with van der Waals surface area (Å²) in [5.74, 6) is 0. The van der Waals surface area contributed by atoms with Crippen molar-refractivity contribution in [3.05, 3.63) is 29.8 Å². The zero-order chi connectivity index (χ0) is 10.4. The molecule has 0 aromatic heterocycles. The van der Waals surface area contributed by atoms with Crippen LogP contribution in [0.1, 0.15) is 5.56 Å². The monoisotopic (exact) mass is 193 g/mol. The van der Waals surface area contributed by atoms with Crippen LogP contribution < -0.4 is 16.4 Å². The number of amides is 2. The predicted molar refractivity (Wildman–Crippen MR) is 57.3 cm³/mol. The molecular formula is C10H15N3O. The third-order valence-electron chi connectivity index (χ3n) is 1.82. The molecule has 0 saturated heterocycles. The van der Waals surface area contributed by atoms with Crippen LogP contribution in [0.4, 0.5) is 10.5 Å². The summed E-state index contributed by atoms with van der Waals surface area (Å²) < 4.78 is 0. The van der Waals surface area contributed by atoms with Crippen LogP contribution in [0, 0.1) is 6.92 Å². The minimum atomic E-state index is -0.218. The van der Waals surface area contributed by atoms with Crippen molar-refractivity contribution in [2.75, 3.05) is 18.4 Å². The van der Waals surface area contributed by atoms with E-state index in [1.54, 1.807) is 0 Å². The maximum absolute atomic E-state index is 11.2. The van der Waals surface area contributed by atoms with E-state index < -0.39 is 0 Å². The quantitative estimate of drug-likeness (QED) is 0.672. The first kappa shape index (κ1) is 10.5. The number of carbonyl (C=O) groups excluding carboxylic acids is 1. The second-order valence-corrected chi connectivity index (χ2v) is 2.98. The van der Waals surface area contributed by atoms with Gasteiger partial charge in [-0.05, 0) is 18.6 Å². The molecule has 1 aromatic rings. The number of nitrogens with one attached hydrogen (secondary N) is 2. The highest BCUT2D eigenvalue weighted by Gasteiger charge is 2.01. The van der Waals surface area contributed by atoms with Gasteiger partial charge in [-0.1, -0.05) is 18.2 Å². The van der Waals surface area contributed by atoms with Crippen LogP contribution in [0.15, 0.2) is 24.3 Å². The second-order valence-electron chi connectivity index (χ2n) is 2.98. The van der Waals surface area contributed by atoms with Crippen LogP contribution >= 0.6 is 0 Å². The molecule has 4 N–H and O–H groups in total. The lowest BCUT2D eigenvalue weighted by Crippen LogP contribution is -2.33. The molecule has 1 rings (SSSR count). The normalized spacial score (nSPS) is 9.57. The summed E-state index contributed by atoms with van der Waals surface area (Å²) in [6, 6.07) is 7.39. The summed E-state index contributed by atoms with van der Waals surface area (Å²) in [4.78, 5) is 11.2. The molecule has 0 aliphatic rings. The maximum atomic E-state index is 11.2. The summed E-state index contributed by atoms with van der Waals surface area (Å²) >= 11 is 0. The molecule has 0 saturated carbocycles. The molecule has 0 aliphatic heterocycles. The molecule has 76 valence electrons. The molecule has 4 heteroatoms. The third kappa shape index (κ3) is 3.06. The Hall–Kier alpha value is -1.55. The Morgan fingerprint density at radius 1 is 1.43 bits per heavy atom. The molecule has 0 atom stereocenters. The van der Waals surface area contributed by atoms with E-state index in [-0.39, 0.29) is 6.03 Å². The van der Waals surface area contributed by atoms with Crippen molar-refractivity contribution in [3.8, 4) is 0 Å². The minimum absolute atomic E-state index is 0.218. The highest BCUT2D eigenvalue weighted by Crippen LogP contribution is 2.12. The van der Waals surface area contributed by atoms with E-state index in [1.165, 1.54) is 0 Å². The summed E-state index contributed by atoms with van der Waals surface area (Å²) in [5, 5.41) is 5.37. The van der Waals surface area contributed by atoms with Crippen LogP contribution in [-0.4, -0.2) is 19.1 Å². The number of hydrogen-bond acceptors (Lipinski definition) is 2. The van der Waals surface area contributed by atoms with E-state index in [9.17, 15) is 4.79 Å². The van der Waals surface area contributed by atoms with Crippen LogP contribution in [-0.2, 0) is 0 Å². The highest BCUT2D eigenvalue weighted by atomic mass is 16.2. The largest absolute Gasteiger partial charge is 0.337 e. The van der Waals surface area contributed by atoms with Gasteiger partial charge in [-0.3, -0.25) is 0 Å². The molecule has 0 fully saturated rings. The molecule has 0 aliphatic carbocycles. The number of hydrogen-bond donors (Lipinski definition) is 3. The number of nitrogens with two attached hydrogens (primary N) is 1. The highest BCUT2D eigenvalue weighted by molar-refractivity contribution is 5.89. The molecule has 0 radical (unpaired) electrons. The predicted octanol–water partition coefficient (Wildman–Crippen LogP) is 1.08. The van der Waals surface area contributed by atoms with Crippen LogP contribution in [0.25, 0.3) is 0 Å². The van der Waals surface area contributed by atoms with Crippen LogP contribution in [0.2, 0.25) is 0 Å².